The molecule has 0 atom stereocenters. The standard InChI is InChI=1S/C15H11ClO2/c16-14-3-1-2-13(10-14)12-7-4-11(5-8-12)6-9-15(17)18/h1-10H,(H,17,18). The average molecular weight is 259 g/mol. The second-order valence-corrected chi connectivity index (χ2v) is 4.24. The number of carboxylic acids is 1. The van der Waals surface area contributed by atoms with Gasteiger partial charge in [0.05, 0.1) is 0 Å². The molecule has 2 aromatic rings. The van der Waals surface area contributed by atoms with Crippen molar-refractivity contribution in [2.75, 3.05) is 0 Å². The summed E-state index contributed by atoms with van der Waals surface area (Å²) in [6, 6.07) is 15.2. The molecule has 0 unspecified atom stereocenters. The van der Waals surface area contributed by atoms with E-state index >= 15 is 0 Å². The van der Waals surface area contributed by atoms with Crippen molar-refractivity contribution in [3.63, 3.8) is 0 Å². The number of hydrogen-bond acceptors (Lipinski definition) is 1. The lowest BCUT2D eigenvalue weighted by atomic mass is 10.0. The maximum absolute atomic E-state index is 10.4. The molecule has 0 aliphatic heterocycles. The monoisotopic (exact) mass is 258 g/mol. The number of carboxylic acid groups (broad SMARTS) is 1. The highest BCUT2D eigenvalue weighted by Gasteiger charge is 1.98. The average Bonchev–Trinajstić information content (AvgIpc) is 2.37. The van der Waals surface area contributed by atoms with Crippen molar-refractivity contribution >= 4 is 23.6 Å². The first kappa shape index (κ1) is 12.4. The molecule has 2 aromatic carbocycles. The van der Waals surface area contributed by atoms with Gasteiger partial charge in [0.1, 0.15) is 0 Å². The van der Waals surface area contributed by atoms with Gasteiger partial charge in [-0.25, -0.2) is 4.79 Å². The van der Waals surface area contributed by atoms with Crippen LogP contribution in [0.25, 0.3) is 17.2 Å². The SMILES string of the molecule is O=C(O)C=Cc1ccc(-c2cccc(Cl)c2)cc1. The second kappa shape index (κ2) is 5.52. The van der Waals surface area contributed by atoms with Crippen molar-refractivity contribution in [1.29, 1.82) is 0 Å². The third-order valence-corrected chi connectivity index (χ3v) is 2.72. The van der Waals surface area contributed by atoms with Crippen LogP contribution in [0.4, 0.5) is 0 Å². The Kier molecular flexibility index (Phi) is 3.80. The van der Waals surface area contributed by atoms with Crippen LogP contribution in [-0.4, -0.2) is 11.1 Å². The van der Waals surface area contributed by atoms with Crippen LogP contribution in [0.1, 0.15) is 5.56 Å². The summed E-state index contributed by atoms with van der Waals surface area (Å²) in [5.74, 6) is -0.950. The van der Waals surface area contributed by atoms with Crippen LogP contribution in [0.5, 0.6) is 0 Å². The zero-order chi connectivity index (χ0) is 13.0. The molecule has 90 valence electrons. The number of halogens is 1. The van der Waals surface area contributed by atoms with E-state index in [1.54, 1.807) is 6.08 Å². The van der Waals surface area contributed by atoms with E-state index in [1.807, 2.05) is 48.5 Å². The zero-order valence-corrected chi connectivity index (χ0v) is 10.3. The molecule has 0 aliphatic rings. The molecule has 0 heterocycles. The Morgan fingerprint density at radius 3 is 2.39 bits per heavy atom. The molecule has 0 radical (unpaired) electrons. The van der Waals surface area contributed by atoms with Crippen molar-refractivity contribution in [3.8, 4) is 11.1 Å². The molecule has 3 heteroatoms. The molecule has 0 saturated heterocycles. The van der Waals surface area contributed by atoms with Gasteiger partial charge in [0.25, 0.3) is 0 Å². The predicted octanol–water partition coefficient (Wildman–Crippen LogP) is 4.10. The molecule has 0 bridgehead atoms. The van der Waals surface area contributed by atoms with Gasteiger partial charge in [0.15, 0.2) is 0 Å². The van der Waals surface area contributed by atoms with Crippen LogP contribution in [-0.2, 0) is 4.79 Å². The number of aliphatic carboxylic acids is 1. The molecular weight excluding hydrogens is 248 g/mol. The van der Waals surface area contributed by atoms with Gasteiger partial charge in [-0.2, -0.15) is 0 Å². The van der Waals surface area contributed by atoms with Gasteiger partial charge in [-0.3, -0.25) is 0 Å². The van der Waals surface area contributed by atoms with E-state index in [-0.39, 0.29) is 0 Å². The molecular formula is C15H11ClO2. The van der Waals surface area contributed by atoms with E-state index in [2.05, 4.69) is 0 Å². The molecule has 2 rings (SSSR count). The Bertz CT molecular complexity index is 586. The maximum atomic E-state index is 10.4. The molecule has 1 N–H and O–H groups in total. The predicted molar refractivity (Wildman–Crippen MR) is 73.6 cm³/mol. The normalized spacial score (nSPS) is 10.7. The number of rotatable bonds is 3. The summed E-state index contributed by atoms with van der Waals surface area (Å²) in [5.41, 5.74) is 2.93. The fourth-order valence-electron chi connectivity index (χ4n) is 1.62. The highest BCUT2D eigenvalue weighted by atomic mass is 35.5. The van der Waals surface area contributed by atoms with Crippen LogP contribution in [0.3, 0.4) is 0 Å². The summed E-state index contributed by atoms with van der Waals surface area (Å²) in [6.07, 6.45) is 2.68. The Hall–Kier alpha value is -2.06. The molecule has 0 spiro atoms. The topological polar surface area (TPSA) is 37.3 Å². The Labute approximate surface area is 110 Å². The van der Waals surface area contributed by atoms with Crippen LogP contribution in [0, 0.1) is 0 Å². The lowest BCUT2D eigenvalue weighted by Crippen LogP contribution is -1.85. The number of benzene rings is 2. The van der Waals surface area contributed by atoms with Crippen molar-refractivity contribution in [2.45, 2.75) is 0 Å². The van der Waals surface area contributed by atoms with Crippen LogP contribution in [0.15, 0.2) is 54.6 Å². The minimum absolute atomic E-state index is 0.697. The third-order valence-electron chi connectivity index (χ3n) is 2.49. The molecule has 2 nitrogen and oxygen atoms in total. The van der Waals surface area contributed by atoms with Crippen LogP contribution >= 0.6 is 11.6 Å². The molecule has 0 amide bonds. The first-order valence-electron chi connectivity index (χ1n) is 5.42. The summed E-state index contributed by atoms with van der Waals surface area (Å²) in [7, 11) is 0. The smallest absolute Gasteiger partial charge is 0.328 e. The van der Waals surface area contributed by atoms with Crippen molar-refractivity contribution in [1.82, 2.24) is 0 Å². The number of hydrogen-bond donors (Lipinski definition) is 1. The Morgan fingerprint density at radius 1 is 1.06 bits per heavy atom. The molecule has 18 heavy (non-hydrogen) atoms. The molecule has 0 saturated carbocycles. The minimum atomic E-state index is -0.950. The fourth-order valence-corrected chi connectivity index (χ4v) is 1.81. The summed E-state index contributed by atoms with van der Waals surface area (Å²) < 4.78 is 0. The van der Waals surface area contributed by atoms with Crippen molar-refractivity contribution in [2.24, 2.45) is 0 Å². The van der Waals surface area contributed by atoms with E-state index in [0.717, 1.165) is 22.8 Å². The Balaban J connectivity index is 2.25. The summed E-state index contributed by atoms with van der Waals surface area (Å²) in [4.78, 5) is 10.4. The van der Waals surface area contributed by atoms with Crippen LogP contribution in [0.2, 0.25) is 5.02 Å². The van der Waals surface area contributed by atoms with E-state index in [4.69, 9.17) is 16.7 Å². The first-order valence-corrected chi connectivity index (χ1v) is 5.80. The van der Waals surface area contributed by atoms with E-state index < -0.39 is 5.97 Å². The molecule has 0 fully saturated rings. The van der Waals surface area contributed by atoms with Crippen LogP contribution < -0.4 is 0 Å². The van der Waals surface area contributed by atoms with Crippen molar-refractivity contribution < 1.29 is 9.90 Å². The quantitative estimate of drug-likeness (QED) is 0.842. The maximum Gasteiger partial charge on any atom is 0.328 e. The highest BCUT2D eigenvalue weighted by Crippen LogP contribution is 2.23. The molecule has 0 aromatic heterocycles. The van der Waals surface area contributed by atoms with Crippen molar-refractivity contribution in [3.05, 3.63) is 65.2 Å². The van der Waals surface area contributed by atoms with Gasteiger partial charge in [0, 0.05) is 11.1 Å². The molecule has 0 aliphatic carbocycles. The third kappa shape index (κ3) is 3.22. The van der Waals surface area contributed by atoms with Gasteiger partial charge < -0.3 is 5.11 Å². The first-order chi connectivity index (χ1) is 8.65. The lowest BCUT2D eigenvalue weighted by Gasteiger charge is -2.02. The minimum Gasteiger partial charge on any atom is -0.478 e. The summed E-state index contributed by atoms with van der Waals surface area (Å²) >= 11 is 5.93. The van der Waals surface area contributed by atoms with Gasteiger partial charge in [-0.15, -0.1) is 0 Å². The summed E-state index contributed by atoms with van der Waals surface area (Å²) in [5, 5.41) is 9.23. The second-order valence-electron chi connectivity index (χ2n) is 3.80. The Morgan fingerprint density at radius 2 is 1.78 bits per heavy atom. The highest BCUT2D eigenvalue weighted by molar-refractivity contribution is 6.30. The largest absolute Gasteiger partial charge is 0.478 e. The van der Waals surface area contributed by atoms with Gasteiger partial charge in [-0.05, 0) is 34.9 Å². The summed E-state index contributed by atoms with van der Waals surface area (Å²) in [6.45, 7) is 0. The van der Waals surface area contributed by atoms with E-state index in [1.165, 1.54) is 0 Å². The van der Waals surface area contributed by atoms with Gasteiger partial charge in [-0.1, -0.05) is 48.0 Å². The fraction of sp³-hybridized carbons (Fsp3) is 0. The van der Waals surface area contributed by atoms with Gasteiger partial charge >= 0.3 is 5.97 Å². The van der Waals surface area contributed by atoms with Gasteiger partial charge in [0.2, 0.25) is 0 Å². The van der Waals surface area contributed by atoms with E-state index in [0.29, 0.717) is 5.02 Å². The lowest BCUT2D eigenvalue weighted by molar-refractivity contribution is -0.131. The number of carbonyl (C=O) groups is 1. The zero-order valence-electron chi connectivity index (χ0n) is 9.51. The van der Waals surface area contributed by atoms with E-state index in [9.17, 15) is 4.79 Å².